The van der Waals surface area contributed by atoms with Crippen LogP contribution < -0.4 is 9.88 Å². The van der Waals surface area contributed by atoms with Gasteiger partial charge in [0.15, 0.2) is 12.2 Å². The Balaban J connectivity index is 1.27. The Morgan fingerprint density at radius 2 is 1.80 bits per heavy atom. The number of hydrogen-bond donors (Lipinski definition) is 1. The molecule has 3 aliphatic rings. The minimum absolute atomic E-state index is 0.161. The smallest absolute Gasteiger partial charge is 0.213 e. The molecule has 1 saturated carbocycles. The monoisotopic (exact) mass is 551 g/mol. The molecule has 1 N–H and O–H groups in total. The second-order valence-electron chi connectivity index (χ2n) is 12.0. The van der Waals surface area contributed by atoms with Gasteiger partial charge in [-0.25, -0.2) is 0 Å². The summed E-state index contributed by atoms with van der Waals surface area (Å²) in [4.78, 5) is 1.36. The van der Waals surface area contributed by atoms with Gasteiger partial charge in [-0.3, -0.25) is 0 Å². The lowest BCUT2D eigenvalue weighted by Crippen LogP contribution is -2.75. The second kappa shape index (κ2) is 7.98. The number of rotatable bonds is 1. The van der Waals surface area contributed by atoms with E-state index >= 15 is 0 Å². The third-order valence-corrected chi connectivity index (χ3v) is 11.5. The first-order chi connectivity index (χ1) is 20.1. The zero-order chi connectivity index (χ0) is 27.6. The van der Waals surface area contributed by atoms with Gasteiger partial charge in [0.1, 0.15) is 11.2 Å². The lowest BCUT2D eigenvalue weighted by Gasteiger charge is -2.61. The van der Waals surface area contributed by atoms with E-state index in [4.69, 9.17) is 4.42 Å². The van der Waals surface area contributed by atoms with Crippen LogP contribution >= 0.6 is 11.3 Å². The Morgan fingerprint density at radius 1 is 1.00 bits per heavy atom. The summed E-state index contributed by atoms with van der Waals surface area (Å²) in [5.41, 5.74) is 11.0. The summed E-state index contributed by atoms with van der Waals surface area (Å²) in [6.45, 7) is 11.0. The molecule has 3 nitrogen and oxygen atoms in total. The molecule has 4 heteroatoms. The van der Waals surface area contributed by atoms with Gasteiger partial charge in [0.05, 0.1) is 17.4 Å². The summed E-state index contributed by atoms with van der Waals surface area (Å²) in [6, 6.07) is 25.1. The quantitative estimate of drug-likeness (QED) is 0.163. The Morgan fingerprint density at radius 3 is 2.66 bits per heavy atom. The number of thiophene rings is 1. The summed E-state index contributed by atoms with van der Waals surface area (Å²) < 4.78 is 10.7. The molecule has 1 fully saturated rings. The van der Waals surface area contributed by atoms with Crippen LogP contribution in [0.2, 0.25) is 0 Å². The average Bonchev–Trinajstić information content (AvgIpc) is 3.52. The Bertz CT molecular complexity index is 2150. The summed E-state index contributed by atoms with van der Waals surface area (Å²) in [6.07, 6.45) is 7.62. The minimum Gasteiger partial charge on any atom is -0.455 e. The number of aromatic nitrogens is 1. The molecule has 1 aliphatic carbocycles. The largest absolute Gasteiger partial charge is 0.455 e. The van der Waals surface area contributed by atoms with Crippen LogP contribution in [0.1, 0.15) is 46.0 Å². The number of fused-ring (bicyclic) bond motifs is 14. The number of furan rings is 1. The van der Waals surface area contributed by atoms with Crippen LogP contribution in [0.5, 0.6) is 0 Å². The first-order valence-electron chi connectivity index (χ1n) is 14.6. The van der Waals surface area contributed by atoms with Gasteiger partial charge in [-0.05, 0) is 68.1 Å². The third kappa shape index (κ3) is 2.77. The van der Waals surface area contributed by atoms with Crippen molar-refractivity contribution >= 4 is 49.1 Å². The van der Waals surface area contributed by atoms with Crippen LogP contribution in [0.4, 0.5) is 0 Å². The van der Waals surface area contributed by atoms with Crippen molar-refractivity contribution in [1.29, 1.82) is 0 Å². The van der Waals surface area contributed by atoms with Crippen molar-refractivity contribution in [2.45, 2.75) is 44.7 Å². The number of allylic oxidation sites excluding steroid dienone is 1. The number of hydrogen-bond acceptors (Lipinski definition) is 3. The molecule has 4 atom stereocenters. The molecular formula is C37H31N2OS+. The van der Waals surface area contributed by atoms with Crippen LogP contribution in [0.25, 0.3) is 49.0 Å². The number of nitrogens with zero attached hydrogens (tertiary/aromatic N) is 1. The van der Waals surface area contributed by atoms with E-state index in [0.717, 1.165) is 23.3 Å². The third-order valence-electron chi connectivity index (χ3n) is 10.3. The van der Waals surface area contributed by atoms with Crippen molar-refractivity contribution in [3.05, 3.63) is 119 Å². The fraction of sp³-hybridized carbons (Fsp3) is 0.216. The molecule has 0 radical (unpaired) electrons. The van der Waals surface area contributed by atoms with Crippen molar-refractivity contribution in [1.82, 2.24) is 5.32 Å². The van der Waals surface area contributed by atoms with Crippen molar-refractivity contribution in [3.63, 3.8) is 0 Å². The molecule has 200 valence electrons. The van der Waals surface area contributed by atoms with Crippen molar-refractivity contribution in [2.24, 2.45) is 5.92 Å². The summed E-state index contributed by atoms with van der Waals surface area (Å²) in [5, 5.41) is 7.81. The maximum Gasteiger partial charge on any atom is 0.213 e. The highest BCUT2D eigenvalue weighted by Gasteiger charge is 2.69. The molecule has 0 bridgehead atoms. The fourth-order valence-corrected chi connectivity index (χ4v) is 9.57. The predicted octanol–water partition coefficient (Wildman–Crippen LogP) is 8.77. The Kier molecular flexibility index (Phi) is 4.58. The molecule has 9 rings (SSSR count). The number of nitrogens with one attached hydrogen (secondary N) is 1. The SMILES string of the molecule is C=CC1C2C(c3ccccc3-c3cccc[n+]32)C12Cc1ccc3c(oc4c3ccc3sc(C)c(C)c34)c1/C(=C/C)N2. The van der Waals surface area contributed by atoms with E-state index in [0.29, 0.717) is 12.0 Å². The van der Waals surface area contributed by atoms with Gasteiger partial charge in [0.2, 0.25) is 5.69 Å². The van der Waals surface area contributed by atoms with Crippen LogP contribution in [0.15, 0.2) is 96.1 Å². The molecule has 1 spiro atoms. The topological polar surface area (TPSA) is 29.0 Å². The van der Waals surface area contributed by atoms with Crippen LogP contribution in [-0.4, -0.2) is 5.54 Å². The van der Waals surface area contributed by atoms with Gasteiger partial charge in [-0.2, -0.15) is 4.57 Å². The first-order valence-corrected chi connectivity index (χ1v) is 15.4. The average molecular weight is 552 g/mol. The van der Waals surface area contributed by atoms with Crippen molar-refractivity contribution < 1.29 is 8.98 Å². The van der Waals surface area contributed by atoms with E-state index in [1.807, 2.05) is 11.3 Å². The lowest BCUT2D eigenvalue weighted by atomic mass is 9.48. The van der Waals surface area contributed by atoms with Gasteiger partial charge in [-0.1, -0.05) is 42.5 Å². The Labute approximate surface area is 243 Å². The van der Waals surface area contributed by atoms with Crippen LogP contribution in [-0.2, 0) is 6.42 Å². The van der Waals surface area contributed by atoms with Gasteiger partial charge in [0, 0.05) is 54.7 Å². The number of benzene rings is 3. The minimum atomic E-state index is -0.161. The van der Waals surface area contributed by atoms with Crippen LogP contribution in [0.3, 0.4) is 0 Å². The van der Waals surface area contributed by atoms with Crippen LogP contribution in [0, 0.1) is 19.8 Å². The molecule has 0 saturated heterocycles. The normalized spacial score (nSPS) is 25.0. The van der Waals surface area contributed by atoms with E-state index in [2.05, 4.69) is 122 Å². The first kappa shape index (κ1) is 23.5. The number of pyridine rings is 1. The molecule has 4 unspecified atom stereocenters. The highest BCUT2D eigenvalue weighted by molar-refractivity contribution is 7.19. The van der Waals surface area contributed by atoms with E-state index < -0.39 is 0 Å². The summed E-state index contributed by atoms with van der Waals surface area (Å²) in [7, 11) is 0. The van der Waals surface area contributed by atoms with E-state index in [1.54, 1.807) is 0 Å². The highest BCUT2D eigenvalue weighted by Crippen LogP contribution is 2.63. The molecule has 3 aromatic carbocycles. The lowest BCUT2D eigenvalue weighted by molar-refractivity contribution is -0.740. The molecule has 41 heavy (non-hydrogen) atoms. The van der Waals surface area contributed by atoms with Crippen molar-refractivity contribution in [3.8, 4) is 11.3 Å². The molecule has 2 aliphatic heterocycles. The van der Waals surface area contributed by atoms with Gasteiger partial charge < -0.3 is 9.73 Å². The van der Waals surface area contributed by atoms with E-state index in [9.17, 15) is 0 Å². The summed E-state index contributed by atoms with van der Waals surface area (Å²) >= 11 is 1.86. The van der Waals surface area contributed by atoms with E-state index in [1.165, 1.54) is 59.2 Å². The maximum absolute atomic E-state index is 6.87. The zero-order valence-corrected chi connectivity index (χ0v) is 24.3. The van der Waals surface area contributed by atoms with Gasteiger partial charge >= 0.3 is 0 Å². The Hall–Kier alpha value is -4.15. The highest BCUT2D eigenvalue weighted by atomic mass is 32.1. The standard InChI is InChI=1S/C37H31N2OS/c1-5-27-34-33(24-12-8-7-11-23(24)29-13-9-10-18-39(29)34)37(27)19-22-14-15-25-26-16-17-30-31(20(3)21(4)41-30)35(26)40-36(25)32(22)28(6-2)38-37/h5-18,27,33-34,38H,1,19H2,2-4H3/q+1/b28-6-. The molecule has 0 amide bonds. The maximum atomic E-state index is 6.87. The molecule has 6 aromatic rings. The van der Waals surface area contributed by atoms with Gasteiger partial charge in [-0.15, -0.1) is 17.9 Å². The molecule has 3 aromatic heterocycles. The summed E-state index contributed by atoms with van der Waals surface area (Å²) in [5.74, 6) is 0.602. The zero-order valence-electron chi connectivity index (χ0n) is 23.5. The predicted molar refractivity (Wildman–Crippen MR) is 169 cm³/mol. The van der Waals surface area contributed by atoms with Gasteiger partial charge in [0.25, 0.3) is 0 Å². The molecule has 5 heterocycles. The fourth-order valence-electron chi connectivity index (χ4n) is 8.50. The molecular weight excluding hydrogens is 520 g/mol. The second-order valence-corrected chi connectivity index (χ2v) is 13.3. The van der Waals surface area contributed by atoms with Crippen molar-refractivity contribution in [2.75, 3.05) is 0 Å². The van der Waals surface area contributed by atoms with E-state index in [-0.39, 0.29) is 11.5 Å². The number of aryl methyl sites for hydroxylation is 2.